The van der Waals surface area contributed by atoms with Crippen LogP contribution in [0.25, 0.3) is 21.3 Å². The number of fused-ring (bicyclic) bond motifs is 1. The van der Waals surface area contributed by atoms with Gasteiger partial charge >= 0.3 is 0 Å². The molecule has 0 aliphatic heterocycles. The fourth-order valence-electron chi connectivity index (χ4n) is 3.63. The van der Waals surface area contributed by atoms with Crippen LogP contribution in [0.5, 0.6) is 17.2 Å². The molecule has 0 fully saturated rings. The number of carbonyl (C=O) groups is 1. The van der Waals surface area contributed by atoms with E-state index >= 15 is 0 Å². The Bertz CT molecular complexity index is 1450. The molecule has 4 rings (SSSR count). The van der Waals surface area contributed by atoms with Crippen LogP contribution < -0.4 is 25.7 Å². The van der Waals surface area contributed by atoms with Gasteiger partial charge in [0.1, 0.15) is 48.9 Å². The maximum atomic E-state index is 13.3. The van der Waals surface area contributed by atoms with Crippen LogP contribution in [0.15, 0.2) is 40.9 Å². The standard InChI is InChI=1S/C24H19BrN4O4S/c1-31-13-6-4-11(5-7-13)21(30)22-20(27)18-17(14(10-26)23(28)29-24(18)34-22)12-8-15(32-2)19(25)16(9-12)33-3/h4-9H,27H2,1-3H3,(H2,28,29). The van der Waals surface area contributed by atoms with Crippen LogP contribution in [0.3, 0.4) is 0 Å². The number of rotatable bonds is 6. The van der Waals surface area contributed by atoms with Crippen molar-refractivity contribution in [3.05, 3.63) is 56.9 Å². The summed E-state index contributed by atoms with van der Waals surface area (Å²) >= 11 is 4.58. The molecule has 34 heavy (non-hydrogen) atoms. The number of nitrogens with two attached hydrogens (primary N) is 2. The first-order valence-corrected chi connectivity index (χ1v) is 11.5. The summed E-state index contributed by atoms with van der Waals surface area (Å²) in [6.45, 7) is 0. The Hall–Kier alpha value is -3.81. The third kappa shape index (κ3) is 3.79. The number of aromatic nitrogens is 1. The summed E-state index contributed by atoms with van der Waals surface area (Å²) in [6, 6.07) is 12.3. The maximum Gasteiger partial charge on any atom is 0.205 e. The average molecular weight is 539 g/mol. The molecule has 2 heterocycles. The van der Waals surface area contributed by atoms with E-state index in [2.05, 4.69) is 27.0 Å². The number of ether oxygens (including phenoxy) is 3. The van der Waals surface area contributed by atoms with Crippen molar-refractivity contribution in [2.24, 2.45) is 0 Å². The minimum absolute atomic E-state index is 0.0375. The van der Waals surface area contributed by atoms with Crippen molar-refractivity contribution in [2.75, 3.05) is 32.8 Å². The molecule has 8 nitrogen and oxygen atoms in total. The van der Waals surface area contributed by atoms with Gasteiger partial charge in [-0.15, -0.1) is 11.3 Å². The molecular formula is C24H19BrN4O4S. The van der Waals surface area contributed by atoms with Crippen molar-refractivity contribution >= 4 is 54.8 Å². The zero-order valence-corrected chi connectivity index (χ0v) is 20.8. The van der Waals surface area contributed by atoms with Gasteiger partial charge in [-0.2, -0.15) is 5.26 Å². The van der Waals surface area contributed by atoms with Crippen molar-refractivity contribution in [3.8, 4) is 34.4 Å². The second kappa shape index (κ2) is 9.21. The Labute approximate surface area is 207 Å². The maximum absolute atomic E-state index is 13.3. The number of nitrogen functional groups attached to an aromatic ring is 2. The lowest BCUT2D eigenvalue weighted by Gasteiger charge is -2.14. The van der Waals surface area contributed by atoms with Crippen LogP contribution >= 0.6 is 27.3 Å². The smallest absolute Gasteiger partial charge is 0.205 e. The molecule has 0 radical (unpaired) electrons. The van der Waals surface area contributed by atoms with Crippen LogP contribution in [0.2, 0.25) is 0 Å². The summed E-state index contributed by atoms with van der Waals surface area (Å²) in [6.07, 6.45) is 0. The quantitative estimate of drug-likeness (QED) is 0.327. The van der Waals surface area contributed by atoms with Crippen LogP contribution in [0.1, 0.15) is 20.8 Å². The molecule has 4 aromatic rings. The SMILES string of the molecule is COc1ccc(C(=O)c2sc3nc(N)c(C#N)c(-c4cc(OC)c(Br)c(OC)c4)c3c2N)cc1. The second-order valence-electron chi connectivity index (χ2n) is 7.14. The van der Waals surface area contributed by atoms with E-state index in [1.807, 2.05) is 0 Å². The highest BCUT2D eigenvalue weighted by molar-refractivity contribution is 9.10. The van der Waals surface area contributed by atoms with E-state index in [0.29, 0.717) is 53.5 Å². The Morgan fingerprint density at radius 1 is 1.06 bits per heavy atom. The van der Waals surface area contributed by atoms with Crippen LogP contribution in [0.4, 0.5) is 11.5 Å². The summed E-state index contributed by atoms with van der Waals surface area (Å²) < 4.78 is 16.7. The van der Waals surface area contributed by atoms with Gasteiger partial charge in [-0.25, -0.2) is 4.98 Å². The third-order valence-corrected chi connectivity index (χ3v) is 7.19. The highest BCUT2D eigenvalue weighted by Gasteiger charge is 2.26. The van der Waals surface area contributed by atoms with Gasteiger partial charge in [0.05, 0.1) is 27.0 Å². The number of pyridine rings is 1. The minimum atomic E-state index is -0.267. The Morgan fingerprint density at radius 2 is 1.68 bits per heavy atom. The van der Waals surface area contributed by atoms with E-state index in [1.54, 1.807) is 43.5 Å². The number of hydrogen-bond donors (Lipinski definition) is 2. The van der Waals surface area contributed by atoms with Crippen LogP contribution in [-0.2, 0) is 0 Å². The normalized spacial score (nSPS) is 10.7. The molecule has 0 amide bonds. The van der Waals surface area contributed by atoms with E-state index in [4.69, 9.17) is 25.7 Å². The largest absolute Gasteiger partial charge is 0.497 e. The molecule has 0 saturated carbocycles. The van der Waals surface area contributed by atoms with Gasteiger partial charge in [0.15, 0.2) is 0 Å². The molecule has 0 bridgehead atoms. The molecular weight excluding hydrogens is 520 g/mol. The Morgan fingerprint density at radius 3 is 2.21 bits per heavy atom. The number of carbonyl (C=O) groups excluding carboxylic acids is 1. The average Bonchev–Trinajstić information content (AvgIpc) is 3.18. The monoisotopic (exact) mass is 538 g/mol. The van der Waals surface area contributed by atoms with E-state index in [1.165, 1.54) is 14.2 Å². The van der Waals surface area contributed by atoms with Crippen molar-refractivity contribution in [2.45, 2.75) is 0 Å². The molecule has 0 aliphatic rings. The van der Waals surface area contributed by atoms with Crippen LogP contribution in [0, 0.1) is 11.3 Å². The summed E-state index contributed by atoms with van der Waals surface area (Å²) in [7, 11) is 4.60. The number of ketones is 1. The Balaban J connectivity index is 2.00. The number of methoxy groups -OCH3 is 3. The number of nitriles is 1. The first kappa shape index (κ1) is 23.4. The van der Waals surface area contributed by atoms with E-state index < -0.39 is 0 Å². The van der Waals surface area contributed by atoms with Crippen molar-refractivity contribution < 1.29 is 19.0 Å². The van der Waals surface area contributed by atoms with Crippen molar-refractivity contribution in [1.29, 1.82) is 5.26 Å². The van der Waals surface area contributed by atoms with Gasteiger partial charge in [-0.1, -0.05) is 0 Å². The van der Waals surface area contributed by atoms with Gasteiger partial charge < -0.3 is 25.7 Å². The fraction of sp³-hybridized carbons (Fsp3) is 0.125. The molecule has 0 saturated heterocycles. The molecule has 172 valence electrons. The lowest BCUT2D eigenvalue weighted by Crippen LogP contribution is -2.03. The van der Waals surface area contributed by atoms with Gasteiger partial charge in [0.2, 0.25) is 5.78 Å². The number of nitrogens with zero attached hydrogens (tertiary/aromatic N) is 2. The van der Waals surface area contributed by atoms with Crippen molar-refractivity contribution in [1.82, 2.24) is 4.98 Å². The molecule has 0 spiro atoms. The highest BCUT2D eigenvalue weighted by atomic mass is 79.9. The molecule has 10 heteroatoms. The zero-order chi connectivity index (χ0) is 24.6. The highest BCUT2D eigenvalue weighted by Crippen LogP contribution is 2.46. The van der Waals surface area contributed by atoms with Crippen LogP contribution in [-0.4, -0.2) is 32.1 Å². The molecule has 0 atom stereocenters. The zero-order valence-electron chi connectivity index (χ0n) is 18.4. The van der Waals surface area contributed by atoms with Gasteiger partial charge in [-0.05, 0) is 57.9 Å². The van der Waals surface area contributed by atoms with Gasteiger partial charge in [0, 0.05) is 16.5 Å². The second-order valence-corrected chi connectivity index (χ2v) is 8.93. The minimum Gasteiger partial charge on any atom is -0.497 e. The van der Waals surface area contributed by atoms with Gasteiger partial charge in [-0.3, -0.25) is 4.79 Å². The number of hydrogen-bond acceptors (Lipinski definition) is 9. The number of thiophene rings is 1. The molecule has 4 N–H and O–H groups in total. The first-order valence-electron chi connectivity index (χ1n) is 9.86. The lowest BCUT2D eigenvalue weighted by molar-refractivity contribution is 0.104. The van der Waals surface area contributed by atoms with E-state index in [-0.39, 0.29) is 22.9 Å². The summed E-state index contributed by atoms with van der Waals surface area (Å²) in [4.78, 5) is 18.4. The summed E-state index contributed by atoms with van der Waals surface area (Å²) in [5.41, 5.74) is 14.5. The third-order valence-electron chi connectivity index (χ3n) is 5.31. The molecule has 2 aromatic carbocycles. The Kier molecular flexibility index (Phi) is 6.32. The number of anilines is 2. The van der Waals surface area contributed by atoms with E-state index in [0.717, 1.165) is 11.3 Å². The van der Waals surface area contributed by atoms with Crippen molar-refractivity contribution in [3.63, 3.8) is 0 Å². The van der Waals surface area contributed by atoms with Gasteiger partial charge in [0.25, 0.3) is 0 Å². The lowest BCUT2D eigenvalue weighted by atomic mass is 9.96. The summed E-state index contributed by atoms with van der Waals surface area (Å²) in [5.74, 6) is 1.39. The molecule has 0 aliphatic carbocycles. The number of benzene rings is 2. The molecule has 0 unspecified atom stereocenters. The predicted molar refractivity (Wildman–Crippen MR) is 136 cm³/mol. The summed E-state index contributed by atoms with van der Waals surface area (Å²) in [5, 5.41) is 10.4. The topological polar surface area (TPSA) is 133 Å². The number of halogens is 1. The first-order chi connectivity index (χ1) is 16.3. The fourth-order valence-corrected chi connectivity index (χ4v) is 5.25. The predicted octanol–water partition coefficient (Wildman–Crippen LogP) is 5.02. The molecule has 2 aromatic heterocycles. The van der Waals surface area contributed by atoms with E-state index in [9.17, 15) is 10.1 Å².